The largest absolute Gasteiger partial charge is 0.491 e. The number of carbonyl (C=O) groups excluding carboxylic acids is 2. The topological polar surface area (TPSA) is 104 Å². The third-order valence-electron chi connectivity index (χ3n) is 4.54. The molecule has 0 radical (unpaired) electrons. The van der Waals surface area contributed by atoms with E-state index in [1.165, 1.54) is 5.56 Å². The van der Waals surface area contributed by atoms with Gasteiger partial charge in [-0.1, -0.05) is 29.8 Å². The highest BCUT2D eigenvalue weighted by molar-refractivity contribution is 5.77. The van der Waals surface area contributed by atoms with Crippen LogP contribution in [0.15, 0.2) is 48.5 Å². The molecule has 0 aromatic heterocycles. The molecule has 2 aromatic rings. The van der Waals surface area contributed by atoms with Gasteiger partial charge in [-0.25, -0.2) is 0 Å². The summed E-state index contributed by atoms with van der Waals surface area (Å²) in [7, 11) is 1.56. The number of rotatable bonds is 17. The number of amides is 2. The van der Waals surface area contributed by atoms with Crippen LogP contribution < -0.4 is 20.1 Å². The van der Waals surface area contributed by atoms with Crippen LogP contribution in [0.4, 0.5) is 0 Å². The summed E-state index contributed by atoms with van der Waals surface area (Å²) >= 11 is 0. The molecular weight excluding hydrogens is 440 g/mol. The molecule has 2 amide bonds. The second-order valence-electron chi connectivity index (χ2n) is 7.32. The number of ether oxygens (including phenoxy) is 5. The summed E-state index contributed by atoms with van der Waals surface area (Å²) in [5, 5.41) is 5.29. The standard InChI is InChI=1S/C25H34N2O7/c1-20-3-7-22(8-4-20)34-16-14-32-19-25(29)27-17-21-5-9-23(10-6-21)33-15-13-30-11-12-31-18-24(28)26-2/h3-10H,11-19H2,1-2H3,(H,26,28)(H,27,29). The predicted molar refractivity (Wildman–Crippen MR) is 127 cm³/mol. The van der Waals surface area contributed by atoms with Crippen molar-refractivity contribution in [3.05, 3.63) is 59.7 Å². The van der Waals surface area contributed by atoms with Gasteiger partial charge in [0.15, 0.2) is 0 Å². The second-order valence-corrected chi connectivity index (χ2v) is 7.32. The summed E-state index contributed by atoms with van der Waals surface area (Å²) in [6, 6.07) is 15.2. The Kier molecular flexibility index (Phi) is 13.1. The highest BCUT2D eigenvalue weighted by atomic mass is 16.5. The maximum Gasteiger partial charge on any atom is 0.246 e. The van der Waals surface area contributed by atoms with Gasteiger partial charge in [0.05, 0.1) is 26.4 Å². The molecule has 0 unspecified atom stereocenters. The number of aryl methyl sites for hydroxylation is 1. The van der Waals surface area contributed by atoms with Gasteiger partial charge >= 0.3 is 0 Å². The van der Waals surface area contributed by atoms with Crippen molar-refractivity contribution in [1.82, 2.24) is 10.6 Å². The van der Waals surface area contributed by atoms with E-state index in [4.69, 9.17) is 23.7 Å². The van der Waals surface area contributed by atoms with E-state index < -0.39 is 0 Å². The lowest BCUT2D eigenvalue weighted by molar-refractivity contribution is -0.126. The van der Waals surface area contributed by atoms with Crippen LogP contribution in [0.25, 0.3) is 0 Å². The van der Waals surface area contributed by atoms with E-state index in [9.17, 15) is 9.59 Å². The number of likely N-dealkylation sites (N-methyl/N-ethyl adjacent to an activating group) is 1. The zero-order valence-electron chi connectivity index (χ0n) is 19.8. The lowest BCUT2D eigenvalue weighted by Gasteiger charge is -2.10. The molecule has 2 aromatic carbocycles. The fraction of sp³-hybridized carbons (Fsp3) is 0.440. The fourth-order valence-corrected chi connectivity index (χ4v) is 2.65. The van der Waals surface area contributed by atoms with Crippen molar-refractivity contribution in [1.29, 1.82) is 0 Å². The molecule has 0 aliphatic carbocycles. The van der Waals surface area contributed by atoms with Crippen molar-refractivity contribution in [3.63, 3.8) is 0 Å². The van der Waals surface area contributed by atoms with Crippen molar-refractivity contribution < 1.29 is 33.3 Å². The van der Waals surface area contributed by atoms with Crippen LogP contribution in [-0.4, -0.2) is 71.7 Å². The van der Waals surface area contributed by atoms with Gasteiger partial charge in [0, 0.05) is 13.6 Å². The first-order chi connectivity index (χ1) is 16.6. The lowest BCUT2D eigenvalue weighted by Crippen LogP contribution is -2.27. The van der Waals surface area contributed by atoms with E-state index in [2.05, 4.69) is 10.6 Å². The predicted octanol–water partition coefficient (Wildman–Crippen LogP) is 1.86. The molecule has 0 atom stereocenters. The van der Waals surface area contributed by atoms with Crippen LogP contribution in [0.2, 0.25) is 0 Å². The maximum atomic E-state index is 11.9. The number of benzene rings is 2. The minimum Gasteiger partial charge on any atom is -0.491 e. The second kappa shape index (κ2) is 16.5. The van der Waals surface area contributed by atoms with Crippen LogP contribution in [0.3, 0.4) is 0 Å². The van der Waals surface area contributed by atoms with Crippen LogP contribution in [0.5, 0.6) is 11.5 Å². The minimum atomic E-state index is -0.188. The van der Waals surface area contributed by atoms with E-state index in [0.717, 1.165) is 11.3 Å². The Morgan fingerprint density at radius 3 is 1.79 bits per heavy atom. The first-order valence-corrected chi connectivity index (χ1v) is 11.2. The van der Waals surface area contributed by atoms with E-state index in [-0.39, 0.29) is 25.0 Å². The number of carbonyl (C=O) groups is 2. The van der Waals surface area contributed by atoms with Gasteiger partial charge in [-0.3, -0.25) is 9.59 Å². The normalized spacial score (nSPS) is 10.5. The zero-order valence-corrected chi connectivity index (χ0v) is 19.8. The van der Waals surface area contributed by atoms with Crippen molar-refractivity contribution in [2.45, 2.75) is 13.5 Å². The van der Waals surface area contributed by atoms with Crippen LogP contribution in [0.1, 0.15) is 11.1 Å². The summed E-state index contributed by atoms with van der Waals surface area (Å²) < 4.78 is 27.0. The Morgan fingerprint density at radius 1 is 0.676 bits per heavy atom. The highest BCUT2D eigenvalue weighted by Crippen LogP contribution is 2.12. The quantitative estimate of drug-likeness (QED) is 0.337. The summed E-state index contributed by atoms with van der Waals surface area (Å²) in [5.41, 5.74) is 2.12. The van der Waals surface area contributed by atoms with Gasteiger partial charge in [0.1, 0.15) is 37.9 Å². The Morgan fingerprint density at radius 2 is 1.18 bits per heavy atom. The minimum absolute atomic E-state index is 0.0186. The molecule has 9 heteroatoms. The molecular formula is C25H34N2O7. The molecule has 0 aliphatic heterocycles. The average Bonchev–Trinajstić information content (AvgIpc) is 2.85. The molecule has 0 fully saturated rings. The highest BCUT2D eigenvalue weighted by Gasteiger charge is 2.03. The molecule has 0 aliphatic rings. The molecule has 0 bridgehead atoms. The van der Waals surface area contributed by atoms with Gasteiger partial charge in [-0.15, -0.1) is 0 Å². The molecule has 0 saturated carbocycles. The average molecular weight is 475 g/mol. The maximum absolute atomic E-state index is 11.9. The van der Waals surface area contributed by atoms with E-state index in [0.29, 0.717) is 51.9 Å². The van der Waals surface area contributed by atoms with Gasteiger partial charge in [-0.2, -0.15) is 0 Å². The fourth-order valence-electron chi connectivity index (χ4n) is 2.65. The lowest BCUT2D eigenvalue weighted by atomic mass is 10.2. The number of hydrogen-bond donors (Lipinski definition) is 2. The van der Waals surface area contributed by atoms with E-state index >= 15 is 0 Å². The molecule has 2 N–H and O–H groups in total. The molecule has 0 saturated heterocycles. The van der Waals surface area contributed by atoms with Gasteiger partial charge in [0.25, 0.3) is 0 Å². The number of hydrogen-bond acceptors (Lipinski definition) is 7. The smallest absolute Gasteiger partial charge is 0.246 e. The molecule has 2 rings (SSSR count). The van der Waals surface area contributed by atoms with E-state index in [1.807, 2.05) is 55.5 Å². The summed E-state index contributed by atoms with van der Waals surface area (Å²) in [4.78, 5) is 22.9. The third kappa shape index (κ3) is 12.2. The Hall–Kier alpha value is -3.14. The molecule has 9 nitrogen and oxygen atoms in total. The van der Waals surface area contributed by atoms with Gasteiger partial charge < -0.3 is 34.3 Å². The Labute approximate surface area is 200 Å². The Bertz CT molecular complexity index is 841. The van der Waals surface area contributed by atoms with Gasteiger partial charge in [0.2, 0.25) is 11.8 Å². The SMILES string of the molecule is CNC(=O)COCCOCCOc1ccc(CNC(=O)COCCOc2ccc(C)cc2)cc1. The Balaban J connectivity index is 1.47. The monoisotopic (exact) mass is 474 g/mol. The molecule has 0 heterocycles. The number of nitrogens with one attached hydrogen (secondary N) is 2. The zero-order chi connectivity index (χ0) is 24.4. The first-order valence-electron chi connectivity index (χ1n) is 11.2. The summed E-state index contributed by atoms with van der Waals surface area (Å²) in [6.07, 6.45) is 0. The summed E-state index contributed by atoms with van der Waals surface area (Å²) in [5.74, 6) is 1.14. The summed E-state index contributed by atoms with van der Waals surface area (Å²) in [6.45, 7) is 4.70. The van der Waals surface area contributed by atoms with Crippen LogP contribution >= 0.6 is 0 Å². The van der Waals surface area contributed by atoms with Crippen LogP contribution in [-0.2, 0) is 30.3 Å². The molecule has 186 valence electrons. The first kappa shape index (κ1) is 27.1. The third-order valence-corrected chi connectivity index (χ3v) is 4.54. The van der Waals surface area contributed by atoms with Crippen molar-refractivity contribution in [3.8, 4) is 11.5 Å². The van der Waals surface area contributed by atoms with Crippen molar-refractivity contribution in [2.24, 2.45) is 0 Å². The van der Waals surface area contributed by atoms with Crippen molar-refractivity contribution >= 4 is 11.8 Å². The van der Waals surface area contributed by atoms with Crippen molar-refractivity contribution in [2.75, 3.05) is 59.9 Å². The molecule has 34 heavy (non-hydrogen) atoms. The molecule has 0 spiro atoms. The van der Waals surface area contributed by atoms with E-state index in [1.54, 1.807) is 7.05 Å². The van der Waals surface area contributed by atoms with Gasteiger partial charge in [-0.05, 0) is 36.8 Å². The van der Waals surface area contributed by atoms with Crippen LogP contribution in [0, 0.1) is 6.92 Å².